The minimum Gasteiger partial charge on any atom is -0.493 e. The summed E-state index contributed by atoms with van der Waals surface area (Å²) >= 11 is 1.61. The summed E-state index contributed by atoms with van der Waals surface area (Å²) in [4.78, 5) is 0.260. The van der Waals surface area contributed by atoms with Crippen LogP contribution in [0.3, 0.4) is 0 Å². The molecule has 0 unspecified atom stereocenters. The summed E-state index contributed by atoms with van der Waals surface area (Å²) in [6.45, 7) is 3.33. The molecule has 5 nitrogen and oxygen atoms in total. The molecule has 0 atom stereocenters. The van der Waals surface area contributed by atoms with Crippen LogP contribution in [0.1, 0.15) is 18.9 Å². The van der Waals surface area contributed by atoms with Crippen molar-refractivity contribution in [1.82, 2.24) is 4.31 Å². The van der Waals surface area contributed by atoms with Crippen LogP contribution in [0, 0.1) is 0 Å². The Labute approximate surface area is 131 Å². The van der Waals surface area contributed by atoms with Crippen molar-refractivity contribution in [2.45, 2.75) is 24.8 Å². The highest BCUT2D eigenvalue weighted by molar-refractivity contribution is 7.98. The predicted molar refractivity (Wildman–Crippen MR) is 88.3 cm³/mol. The quantitative estimate of drug-likeness (QED) is 0.748. The van der Waals surface area contributed by atoms with Crippen LogP contribution in [0.2, 0.25) is 0 Å². The molecule has 0 bridgehead atoms. The van der Waals surface area contributed by atoms with Crippen molar-refractivity contribution in [3.05, 3.63) is 23.8 Å². The SMILES string of the molecule is CCCOc1ccc(S(=O)(=O)N(C)CCSC)cc1CN. The van der Waals surface area contributed by atoms with Crippen LogP contribution >= 0.6 is 11.8 Å². The molecule has 1 aromatic carbocycles. The number of ether oxygens (including phenoxy) is 1. The average molecular weight is 332 g/mol. The molecule has 1 aromatic rings. The number of benzene rings is 1. The van der Waals surface area contributed by atoms with Gasteiger partial charge in [-0.05, 0) is 30.9 Å². The Balaban J connectivity index is 3.02. The van der Waals surface area contributed by atoms with Gasteiger partial charge in [-0.1, -0.05) is 6.92 Å². The van der Waals surface area contributed by atoms with Crippen molar-refractivity contribution in [3.63, 3.8) is 0 Å². The molecule has 0 fully saturated rings. The van der Waals surface area contributed by atoms with Gasteiger partial charge in [0.2, 0.25) is 10.0 Å². The van der Waals surface area contributed by atoms with Gasteiger partial charge < -0.3 is 10.5 Å². The van der Waals surface area contributed by atoms with Crippen molar-refractivity contribution in [2.75, 3.05) is 32.2 Å². The van der Waals surface area contributed by atoms with Gasteiger partial charge in [0, 0.05) is 31.5 Å². The molecular formula is C14H24N2O3S2. The number of sulfonamides is 1. The lowest BCUT2D eigenvalue weighted by molar-refractivity contribution is 0.314. The maximum atomic E-state index is 12.5. The van der Waals surface area contributed by atoms with E-state index >= 15 is 0 Å². The number of rotatable bonds is 9. The van der Waals surface area contributed by atoms with E-state index in [1.54, 1.807) is 37.0 Å². The first-order valence-electron chi connectivity index (χ1n) is 6.88. The van der Waals surface area contributed by atoms with E-state index in [9.17, 15) is 8.42 Å². The van der Waals surface area contributed by atoms with Gasteiger partial charge in [-0.15, -0.1) is 0 Å². The first-order chi connectivity index (χ1) is 9.97. The van der Waals surface area contributed by atoms with Crippen LogP contribution in [0.15, 0.2) is 23.1 Å². The average Bonchev–Trinajstić information content (AvgIpc) is 2.50. The van der Waals surface area contributed by atoms with Crippen molar-refractivity contribution < 1.29 is 13.2 Å². The zero-order chi connectivity index (χ0) is 15.9. The first kappa shape index (κ1) is 18.3. The fourth-order valence-corrected chi connectivity index (χ4v) is 3.54. The molecule has 1 rings (SSSR count). The van der Waals surface area contributed by atoms with E-state index in [-0.39, 0.29) is 11.4 Å². The van der Waals surface area contributed by atoms with Crippen LogP contribution in [-0.4, -0.2) is 44.9 Å². The third-order valence-electron chi connectivity index (χ3n) is 3.03. The number of nitrogens with two attached hydrogens (primary N) is 1. The second kappa shape index (κ2) is 8.63. The highest BCUT2D eigenvalue weighted by Crippen LogP contribution is 2.24. The van der Waals surface area contributed by atoms with Gasteiger partial charge in [-0.2, -0.15) is 11.8 Å². The lowest BCUT2D eigenvalue weighted by Crippen LogP contribution is -2.29. The Hall–Kier alpha value is -0.760. The molecule has 0 radical (unpaired) electrons. The van der Waals surface area contributed by atoms with Crippen LogP contribution in [0.4, 0.5) is 0 Å². The van der Waals surface area contributed by atoms with Crippen LogP contribution < -0.4 is 10.5 Å². The number of nitrogens with zero attached hydrogens (tertiary/aromatic N) is 1. The second-order valence-electron chi connectivity index (χ2n) is 4.64. The van der Waals surface area contributed by atoms with Crippen molar-refractivity contribution >= 4 is 21.8 Å². The zero-order valence-corrected chi connectivity index (χ0v) is 14.5. The molecule has 0 saturated heterocycles. The molecule has 0 spiro atoms. The minimum atomic E-state index is -3.47. The zero-order valence-electron chi connectivity index (χ0n) is 12.8. The molecule has 0 aromatic heterocycles. The molecule has 0 aliphatic rings. The summed E-state index contributed by atoms with van der Waals surface area (Å²) < 4.78 is 31.9. The lowest BCUT2D eigenvalue weighted by Gasteiger charge is -2.18. The summed E-state index contributed by atoms with van der Waals surface area (Å²) in [6, 6.07) is 4.87. The fraction of sp³-hybridized carbons (Fsp3) is 0.571. The van der Waals surface area contributed by atoms with Crippen molar-refractivity contribution in [2.24, 2.45) is 5.73 Å². The van der Waals surface area contributed by atoms with Gasteiger partial charge in [0.1, 0.15) is 5.75 Å². The Morgan fingerprint density at radius 3 is 2.67 bits per heavy atom. The maximum absolute atomic E-state index is 12.5. The van der Waals surface area contributed by atoms with Crippen molar-refractivity contribution in [3.8, 4) is 5.75 Å². The fourth-order valence-electron chi connectivity index (χ4n) is 1.75. The first-order valence-corrected chi connectivity index (χ1v) is 9.71. The molecule has 0 aliphatic carbocycles. The molecule has 0 aliphatic heterocycles. The standard InChI is InChI=1S/C14H24N2O3S2/c1-4-8-19-14-6-5-13(10-12(14)11-15)21(17,18)16(2)7-9-20-3/h5-6,10H,4,7-9,11,15H2,1-3H3. The lowest BCUT2D eigenvalue weighted by atomic mass is 10.2. The smallest absolute Gasteiger partial charge is 0.242 e. The third kappa shape index (κ3) is 4.88. The van der Waals surface area contributed by atoms with Crippen LogP contribution in [-0.2, 0) is 16.6 Å². The molecule has 2 N–H and O–H groups in total. The van der Waals surface area contributed by atoms with Crippen LogP contribution in [0.5, 0.6) is 5.75 Å². The van der Waals surface area contributed by atoms with E-state index in [0.717, 1.165) is 12.2 Å². The van der Waals surface area contributed by atoms with Crippen LogP contribution in [0.25, 0.3) is 0 Å². The van der Waals surface area contributed by atoms with E-state index in [4.69, 9.17) is 10.5 Å². The van der Waals surface area contributed by atoms with Crippen molar-refractivity contribution in [1.29, 1.82) is 0 Å². The summed E-state index contributed by atoms with van der Waals surface area (Å²) in [6.07, 6.45) is 2.84. The van der Waals surface area contributed by atoms with E-state index in [1.165, 1.54) is 4.31 Å². The number of hydrogen-bond acceptors (Lipinski definition) is 5. The Morgan fingerprint density at radius 1 is 1.38 bits per heavy atom. The molecular weight excluding hydrogens is 308 g/mol. The summed E-state index contributed by atoms with van der Waals surface area (Å²) in [5.41, 5.74) is 6.41. The maximum Gasteiger partial charge on any atom is 0.242 e. The normalized spacial score (nSPS) is 11.9. The summed E-state index contributed by atoms with van der Waals surface area (Å²) in [5, 5.41) is 0. The Bertz CT molecular complexity index is 547. The van der Waals surface area contributed by atoms with Gasteiger partial charge in [0.25, 0.3) is 0 Å². The highest BCUT2D eigenvalue weighted by Gasteiger charge is 2.21. The van der Waals surface area contributed by atoms with E-state index in [1.807, 2.05) is 13.2 Å². The highest BCUT2D eigenvalue weighted by atomic mass is 32.2. The predicted octanol–water partition coefficient (Wildman–Crippen LogP) is 1.92. The molecule has 0 heterocycles. The molecule has 0 saturated carbocycles. The molecule has 7 heteroatoms. The summed E-state index contributed by atoms with van der Waals surface area (Å²) in [5.74, 6) is 1.42. The number of thioether (sulfide) groups is 1. The topological polar surface area (TPSA) is 72.6 Å². The monoisotopic (exact) mass is 332 g/mol. The Morgan fingerprint density at radius 2 is 2.10 bits per heavy atom. The number of hydrogen-bond donors (Lipinski definition) is 1. The van der Waals surface area contributed by atoms with Gasteiger partial charge in [-0.25, -0.2) is 12.7 Å². The largest absolute Gasteiger partial charge is 0.493 e. The van der Waals surface area contributed by atoms with Gasteiger partial charge in [-0.3, -0.25) is 0 Å². The van der Waals surface area contributed by atoms with E-state index < -0.39 is 10.0 Å². The van der Waals surface area contributed by atoms with Gasteiger partial charge in [0.05, 0.1) is 11.5 Å². The van der Waals surface area contributed by atoms with Gasteiger partial charge in [0.15, 0.2) is 0 Å². The van der Waals surface area contributed by atoms with E-state index in [2.05, 4.69) is 0 Å². The van der Waals surface area contributed by atoms with Gasteiger partial charge >= 0.3 is 0 Å². The second-order valence-corrected chi connectivity index (χ2v) is 7.67. The van der Waals surface area contributed by atoms with E-state index in [0.29, 0.717) is 24.5 Å². The Kier molecular flexibility index (Phi) is 7.51. The summed E-state index contributed by atoms with van der Waals surface area (Å²) in [7, 11) is -1.88. The minimum absolute atomic E-state index is 0.247. The molecule has 120 valence electrons. The third-order valence-corrected chi connectivity index (χ3v) is 5.48. The molecule has 0 amide bonds. The molecule has 21 heavy (non-hydrogen) atoms.